The standard InChI is InChI=1S/C10H7ClN4O2S/c11-7-3-8(15(16)17)9(14-10(12)18)6-4-13-2-1-5(6)7/h1-4H,(H3,12,14,18). The Morgan fingerprint density at radius 3 is 2.89 bits per heavy atom. The van der Waals surface area contributed by atoms with E-state index in [1.807, 2.05) is 0 Å². The number of hydrogen-bond acceptors (Lipinski definition) is 4. The number of thiocarbonyl (C=S) groups is 1. The van der Waals surface area contributed by atoms with Gasteiger partial charge in [-0.3, -0.25) is 15.1 Å². The zero-order chi connectivity index (χ0) is 13.3. The summed E-state index contributed by atoms with van der Waals surface area (Å²) in [5.41, 5.74) is 5.36. The van der Waals surface area contributed by atoms with E-state index in [-0.39, 0.29) is 21.5 Å². The molecule has 6 nitrogen and oxygen atoms in total. The van der Waals surface area contributed by atoms with Gasteiger partial charge in [-0.05, 0) is 18.3 Å². The molecule has 1 aromatic heterocycles. The van der Waals surface area contributed by atoms with Crippen molar-refractivity contribution < 1.29 is 4.92 Å². The van der Waals surface area contributed by atoms with Gasteiger partial charge >= 0.3 is 0 Å². The molecule has 3 N–H and O–H groups in total. The second-order valence-electron chi connectivity index (χ2n) is 3.42. The lowest BCUT2D eigenvalue weighted by atomic mass is 10.1. The number of aromatic nitrogens is 1. The number of nitrogens with zero attached hydrogens (tertiary/aromatic N) is 2. The van der Waals surface area contributed by atoms with Gasteiger partial charge in [-0.2, -0.15) is 0 Å². The molecule has 0 bridgehead atoms. The van der Waals surface area contributed by atoms with E-state index in [0.29, 0.717) is 10.8 Å². The second kappa shape index (κ2) is 4.71. The molecule has 0 aliphatic heterocycles. The minimum absolute atomic E-state index is 0.0643. The minimum Gasteiger partial charge on any atom is -0.376 e. The average Bonchev–Trinajstić information content (AvgIpc) is 2.32. The molecule has 0 unspecified atom stereocenters. The van der Waals surface area contributed by atoms with E-state index in [4.69, 9.17) is 29.6 Å². The lowest BCUT2D eigenvalue weighted by Gasteiger charge is -2.09. The van der Waals surface area contributed by atoms with E-state index in [1.54, 1.807) is 12.3 Å². The largest absolute Gasteiger partial charge is 0.376 e. The van der Waals surface area contributed by atoms with Crippen LogP contribution in [0.1, 0.15) is 0 Å². The normalized spacial score (nSPS) is 10.3. The van der Waals surface area contributed by atoms with Crippen molar-refractivity contribution in [2.75, 3.05) is 5.32 Å². The van der Waals surface area contributed by atoms with E-state index in [1.165, 1.54) is 12.3 Å². The number of nitrogens with one attached hydrogen (secondary N) is 1. The van der Waals surface area contributed by atoms with Crippen molar-refractivity contribution in [1.82, 2.24) is 4.98 Å². The Morgan fingerprint density at radius 1 is 1.56 bits per heavy atom. The van der Waals surface area contributed by atoms with Crippen LogP contribution in [0, 0.1) is 10.1 Å². The van der Waals surface area contributed by atoms with Gasteiger partial charge in [0.15, 0.2) is 5.11 Å². The van der Waals surface area contributed by atoms with E-state index < -0.39 is 4.92 Å². The Bertz CT molecular complexity index is 662. The predicted octanol–water partition coefficient (Wildman–Crippen LogP) is 2.45. The summed E-state index contributed by atoms with van der Waals surface area (Å²) in [5, 5.41) is 14.9. The van der Waals surface area contributed by atoms with Crippen LogP contribution >= 0.6 is 23.8 Å². The van der Waals surface area contributed by atoms with Crippen molar-refractivity contribution in [1.29, 1.82) is 0 Å². The molecule has 1 aromatic carbocycles. The SMILES string of the molecule is NC(=S)Nc1c([N+](=O)[O-])cc(Cl)c2ccncc12. The molecule has 0 fully saturated rings. The maximum atomic E-state index is 11.0. The number of fused-ring (bicyclic) bond motifs is 1. The lowest BCUT2D eigenvalue weighted by molar-refractivity contribution is -0.383. The third-order valence-electron chi connectivity index (χ3n) is 2.31. The van der Waals surface area contributed by atoms with Gasteiger partial charge in [-0.1, -0.05) is 11.6 Å². The molecule has 0 atom stereocenters. The van der Waals surface area contributed by atoms with Gasteiger partial charge in [0.1, 0.15) is 5.69 Å². The molecule has 0 spiro atoms. The number of nitro groups is 1. The molecule has 8 heteroatoms. The lowest BCUT2D eigenvalue weighted by Crippen LogP contribution is -2.20. The topological polar surface area (TPSA) is 94.1 Å². The third-order valence-corrected chi connectivity index (χ3v) is 2.73. The Labute approximate surface area is 112 Å². The number of nitrogens with two attached hydrogens (primary N) is 1. The fourth-order valence-corrected chi connectivity index (χ4v) is 1.98. The van der Waals surface area contributed by atoms with Crippen molar-refractivity contribution in [3.05, 3.63) is 39.7 Å². The van der Waals surface area contributed by atoms with Crippen molar-refractivity contribution in [3.63, 3.8) is 0 Å². The van der Waals surface area contributed by atoms with Gasteiger partial charge in [0.2, 0.25) is 0 Å². The van der Waals surface area contributed by atoms with E-state index >= 15 is 0 Å². The quantitative estimate of drug-likeness (QED) is 0.499. The zero-order valence-corrected chi connectivity index (χ0v) is 10.5. The molecule has 1 heterocycles. The van der Waals surface area contributed by atoms with Crippen LogP contribution in [0.2, 0.25) is 5.02 Å². The number of benzene rings is 1. The van der Waals surface area contributed by atoms with Gasteiger partial charge in [-0.15, -0.1) is 0 Å². The molecule has 2 rings (SSSR count). The Kier molecular flexibility index (Phi) is 3.26. The highest BCUT2D eigenvalue weighted by molar-refractivity contribution is 7.80. The fourth-order valence-electron chi connectivity index (χ4n) is 1.61. The first-order valence-corrected chi connectivity index (χ1v) is 5.56. The van der Waals surface area contributed by atoms with Gasteiger partial charge in [0.25, 0.3) is 5.69 Å². The van der Waals surface area contributed by atoms with E-state index in [2.05, 4.69) is 10.3 Å². The van der Waals surface area contributed by atoms with Crippen LogP contribution in [-0.2, 0) is 0 Å². The van der Waals surface area contributed by atoms with Crippen molar-refractivity contribution in [2.24, 2.45) is 5.73 Å². The van der Waals surface area contributed by atoms with Crippen LogP contribution < -0.4 is 11.1 Å². The predicted molar refractivity (Wildman–Crippen MR) is 73.8 cm³/mol. The zero-order valence-electron chi connectivity index (χ0n) is 8.88. The summed E-state index contributed by atoms with van der Waals surface area (Å²) in [6, 6.07) is 2.91. The van der Waals surface area contributed by atoms with Crippen molar-refractivity contribution in [3.8, 4) is 0 Å². The number of pyridine rings is 1. The monoisotopic (exact) mass is 282 g/mol. The molecule has 2 aromatic rings. The number of halogens is 1. The molecular weight excluding hydrogens is 276 g/mol. The van der Waals surface area contributed by atoms with Crippen molar-refractivity contribution in [2.45, 2.75) is 0 Å². The maximum absolute atomic E-state index is 11.0. The first-order chi connectivity index (χ1) is 8.50. The molecular formula is C10H7ClN4O2S. The summed E-state index contributed by atoms with van der Waals surface area (Å²) >= 11 is 10.7. The Morgan fingerprint density at radius 2 is 2.28 bits per heavy atom. The number of hydrogen-bond donors (Lipinski definition) is 2. The van der Waals surface area contributed by atoms with Crippen molar-refractivity contribution >= 4 is 51.1 Å². The van der Waals surface area contributed by atoms with E-state index in [0.717, 1.165) is 0 Å². The first kappa shape index (κ1) is 12.5. The third kappa shape index (κ3) is 2.18. The fraction of sp³-hybridized carbons (Fsp3) is 0. The second-order valence-corrected chi connectivity index (χ2v) is 4.27. The van der Waals surface area contributed by atoms with Gasteiger partial charge in [0.05, 0.1) is 9.95 Å². The molecule has 0 saturated carbocycles. The average molecular weight is 283 g/mol. The summed E-state index contributed by atoms with van der Waals surface area (Å²) in [6.45, 7) is 0. The number of nitro benzene ring substituents is 1. The highest BCUT2D eigenvalue weighted by atomic mass is 35.5. The van der Waals surface area contributed by atoms with Gasteiger partial charge < -0.3 is 11.1 Å². The Balaban J connectivity index is 2.83. The summed E-state index contributed by atoms with van der Waals surface area (Å²) < 4.78 is 0. The first-order valence-electron chi connectivity index (χ1n) is 4.77. The maximum Gasteiger partial charge on any atom is 0.294 e. The van der Waals surface area contributed by atoms with Crippen LogP contribution in [0.15, 0.2) is 24.5 Å². The van der Waals surface area contributed by atoms with Crippen LogP contribution in [0.4, 0.5) is 11.4 Å². The smallest absolute Gasteiger partial charge is 0.294 e. The molecule has 0 aliphatic carbocycles. The molecule has 0 radical (unpaired) electrons. The minimum atomic E-state index is -0.557. The molecule has 18 heavy (non-hydrogen) atoms. The van der Waals surface area contributed by atoms with Gasteiger partial charge in [-0.25, -0.2) is 0 Å². The summed E-state index contributed by atoms with van der Waals surface area (Å²) in [7, 11) is 0. The van der Waals surface area contributed by atoms with E-state index in [9.17, 15) is 10.1 Å². The van der Waals surface area contributed by atoms with Crippen LogP contribution in [-0.4, -0.2) is 15.0 Å². The summed E-state index contributed by atoms with van der Waals surface area (Å²) in [4.78, 5) is 14.4. The van der Waals surface area contributed by atoms with Crippen LogP contribution in [0.5, 0.6) is 0 Å². The number of anilines is 1. The molecule has 0 saturated heterocycles. The molecule has 0 amide bonds. The highest BCUT2D eigenvalue weighted by Crippen LogP contribution is 2.37. The summed E-state index contributed by atoms with van der Waals surface area (Å²) in [5.74, 6) is 0. The van der Waals surface area contributed by atoms with Crippen LogP contribution in [0.25, 0.3) is 10.8 Å². The number of rotatable bonds is 2. The van der Waals surface area contributed by atoms with Gasteiger partial charge in [0, 0.05) is 29.2 Å². The molecule has 92 valence electrons. The Hall–Kier alpha value is -1.99. The highest BCUT2D eigenvalue weighted by Gasteiger charge is 2.20. The molecule has 0 aliphatic rings. The van der Waals surface area contributed by atoms with Crippen LogP contribution in [0.3, 0.4) is 0 Å². The summed E-state index contributed by atoms with van der Waals surface area (Å²) in [6.07, 6.45) is 3.01.